The van der Waals surface area contributed by atoms with E-state index >= 15 is 0 Å². The van der Waals surface area contributed by atoms with E-state index in [1.165, 1.54) is 0 Å². The van der Waals surface area contributed by atoms with Gasteiger partial charge < -0.3 is 10.3 Å². The van der Waals surface area contributed by atoms with E-state index in [-0.39, 0.29) is 0 Å². The van der Waals surface area contributed by atoms with Gasteiger partial charge in [0.05, 0.1) is 0 Å². The largest absolute Gasteiger partial charge is 0.381 e. The number of anilines is 1. The van der Waals surface area contributed by atoms with Crippen LogP contribution in [-0.2, 0) is 6.42 Å². The van der Waals surface area contributed by atoms with Crippen molar-refractivity contribution in [2.45, 2.75) is 46.0 Å². The van der Waals surface area contributed by atoms with Crippen LogP contribution >= 0.6 is 0 Å². The molecule has 1 rings (SSSR count). The lowest BCUT2D eigenvalue weighted by Gasteiger charge is -2.06. The van der Waals surface area contributed by atoms with Crippen LogP contribution in [0.5, 0.6) is 0 Å². The number of aromatic nitrogens is 1. The maximum Gasteiger partial charge on any atom is 0.170 e. The summed E-state index contributed by atoms with van der Waals surface area (Å²) >= 11 is 0. The van der Waals surface area contributed by atoms with Crippen molar-refractivity contribution >= 4 is 5.82 Å². The maximum atomic E-state index is 5.68. The lowest BCUT2D eigenvalue weighted by atomic mass is 9.98. The zero-order valence-electron chi connectivity index (χ0n) is 8.63. The molecule has 1 aromatic rings. The Bertz CT molecular complexity index is 268. The molecule has 1 atom stereocenters. The van der Waals surface area contributed by atoms with E-state index < -0.39 is 0 Å². The highest BCUT2D eigenvalue weighted by atomic mass is 16.5. The molecular formula is C10H18N2O. The van der Waals surface area contributed by atoms with E-state index in [1.807, 2.05) is 0 Å². The van der Waals surface area contributed by atoms with Crippen molar-refractivity contribution < 1.29 is 4.52 Å². The minimum Gasteiger partial charge on any atom is -0.381 e. The van der Waals surface area contributed by atoms with Crippen molar-refractivity contribution in [3.8, 4) is 0 Å². The molecule has 3 heteroatoms. The normalized spacial score (nSPS) is 13.2. The average molecular weight is 182 g/mol. The third-order valence-electron chi connectivity index (χ3n) is 2.37. The van der Waals surface area contributed by atoms with Gasteiger partial charge in [0, 0.05) is 11.5 Å². The number of hydrogen-bond acceptors (Lipinski definition) is 3. The highest BCUT2D eigenvalue weighted by molar-refractivity contribution is 5.41. The second kappa shape index (κ2) is 4.30. The highest BCUT2D eigenvalue weighted by Crippen LogP contribution is 2.27. The molecule has 0 bridgehead atoms. The first-order valence-corrected chi connectivity index (χ1v) is 4.94. The minimum atomic E-state index is 0.435. The summed E-state index contributed by atoms with van der Waals surface area (Å²) in [4.78, 5) is 0. The second-order valence-corrected chi connectivity index (χ2v) is 3.45. The van der Waals surface area contributed by atoms with Crippen LogP contribution < -0.4 is 5.73 Å². The van der Waals surface area contributed by atoms with Gasteiger partial charge in [-0.2, -0.15) is 0 Å². The molecule has 0 saturated heterocycles. The molecule has 0 radical (unpaired) electrons. The molecular weight excluding hydrogens is 164 g/mol. The van der Waals surface area contributed by atoms with Gasteiger partial charge in [-0.25, -0.2) is 0 Å². The number of nitrogens with two attached hydrogens (primary N) is 1. The Kier molecular flexibility index (Phi) is 3.34. The summed E-state index contributed by atoms with van der Waals surface area (Å²) in [5, 5.41) is 3.79. The van der Waals surface area contributed by atoms with Crippen molar-refractivity contribution in [3.05, 3.63) is 11.3 Å². The predicted molar refractivity (Wildman–Crippen MR) is 53.6 cm³/mol. The fourth-order valence-corrected chi connectivity index (χ4v) is 1.64. The van der Waals surface area contributed by atoms with E-state index in [2.05, 4.69) is 25.9 Å². The van der Waals surface area contributed by atoms with Gasteiger partial charge in [0.15, 0.2) is 5.82 Å². The van der Waals surface area contributed by atoms with Gasteiger partial charge in [0.1, 0.15) is 5.76 Å². The third kappa shape index (κ3) is 2.02. The van der Waals surface area contributed by atoms with E-state index in [1.54, 1.807) is 0 Å². The van der Waals surface area contributed by atoms with Gasteiger partial charge in [-0.05, 0) is 12.8 Å². The smallest absolute Gasteiger partial charge is 0.170 e. The molecule has 74 valence electrons. The monoisotopic (exact) mass is 182 g/mol. The first-order valence-electron chi connectivity index (χ1n) is 4.94. The molecule has 2 N–H and O–H groups in total. The van der Waals surface area contributed by atoms with Crippen LogP contribution in [0.2, 0.25) is 0 Å². The Labute approximate surface area is 79.3 Å². The molecule has 0 fully saturated rings. The molecule has 1 heterocycles. The number of nitrogen functional groups attached to an aromatic ring is 1. The van der Waals surface area contributed by atoms with Crippen molar-refractivity contribution in [2.75, 3.05) is 5.73 Å². The van der Waals surface area contributed by atoms with Gasteiger partial charge in [0.25, 0.3) is 0 Å². The SMILES string of the molecule is CCCC(C)c1onc(N)c1CC. The summed E-state index contributed by atoms with van der Waals surface area (Å²) in [7, 11) is 0. The van der Waals surface area contributed by atoms with Crippen molar-refractivity contribution in [1.29, 1.82) is 0 Å². The fourth-order valence-electron chi connectivity index (χ4n) is 1.64. The molecule has 1 unspecified atom stereocenters. The van der Waals surface area contributed by atoms with Crippen LogP contribution in [0.4, 0.5) is 5.82 Å². The molecule has 0 aliphatic heterocycles. The maximum absolute atomic E-state index is 5.68. The zero-order chi connectivity index (χ0) is 9.84. The molecule has 13 heavy (non-hydrogen) atoms. The number of rotatable bonds is 4. The van der Waals surface area contributed by atoms with Gasteiger partial charge in [-0.15, -0.1) is 0 Å². The Morgan fingerprint density at radius 2 is 2.15 bits per heavy atom. The van der Waals surface area contributed by atoms with Crippen LogP contribution in [0.25, 0.3) is 0 Å². The quantitative estimate of drug-likeness (QED) is 0.778. The van der Waals surface area contributed by atoms with Gasteiger partial charge in [0.2, 0.25) is 0 Å². The van der Waals surface area contributed by atoms with E-state index in [0.29, 0.717) is 11.7 Å². The number of nitrogens with zero attached hydrogens (tertiary/aromatic N) is 1. The fraction of sp³-hybridized carbons (Fsp3) is 0.700. The predicted octanol–water partition coefficient (Wildman–Crippen LogP) is 2.72. The van der Waals surface area contributed by atoms with Crippen molar-refractivity contribution in [2.24, 2.45) is 0 Å². The second-order valence-electron chi connectivity index (χ2n) is 3.45. The minimum absolute atomic E-state index is 0.435. The summed E-state index contributed by atoms with van der Waals surface area (Å²) in [6.45, 7) is 6.40. The summed E-state index contributed by atoms with van der Waals surface area (Å²) in [5.74, 6) is 1.96. The molecule has 0 aromatic carbocycles. The Morgan fingerprint density at radius 1 is 1.46 bits per heavy atom. The zero-order valence-corrected chi connectivity index (χ0v) is 8.63. The Hall–Kier alpha value is -0.990. The van der Waals surface area contributed by atoms with Crippen LogP contribution in [0.1, 0.15) is 50.9 Å². The Morgan fingerprint density at radius 3 is 2.69 bits per heavy atom. The van der Waals surface area contributed by atoms with Crippen LogP contribution in [0.15, 0.2) is 4.52 Å². The summed E-state index contributed by atoms with van der Waals surface area (Å²) in [6, 6.07) is 0. The van der Waals surface area contributed by atoms with Crippen LogP contribution in [0, 0.1) is 0 Å². The Balaban J connectivity index is 2.86. The number of hydrogen-bond donors (Lipinski definition) is 1. The first kappa shape index (κ1) is 10.1. The van der Waals surface area contributed by atoms with Gasteiger partial charge in [-0.3, -0.25) is 0 Å². The van der Waals surface area contributed by atoms with E-state index in [9.17, 15) is 0 Å². The average Bonchev–Trinajstić information content (AvgIpc) is 2.47. The van der Waals surface area contributed by atoms with Gasteiger partial charge >= 0.3 is 0 Å². The van der Waals surface area contributed by atoms with Crippen LogP contribution in [0.3, 0.4) is 0 Å². The topological polar surface area (TPSA) is 52.0 Å². The standard InChI is InChI=1S/C10H18N2O/c1-4-6-7(3)9-8(5-2)10(11)12-13-9/h7H,4-6H2,1-3H3,(H2,11,12). The summed E-state index contributed by atoms with van der Waals surface area (Å²) in [5.41, 5.74) is 6.77. The lowest BCUT2D eigenvalue weighted by molar-refractivity contribution is 0.359. The molecule has 3 nitrogen and oxygen atoms in total. The van der Waals surface area contributed by atoms with Crippen molar-refractivity contribution in [3.63, 3.8) is 0 Å². The molecule has 0 aliphatic rings. The highest BCUT2D eigenvalue weighted by Gasteiger charge is 2.17. The molecule has 0 aliphatic carbocycles. The molecule has 0 amide bonds. The van der Waals surface area contributed by atoms with Crippen LogP contribution in [-0.4, -0.2) is 5.16 Å². The van der Waals surface area contributed by atoms with E-state index in [4.69, 9.17) is 10.3 Å². The molecule has 1 aromatic heterocycles. The van der Waals surface area contributed by atoms with E-state index in [0.717, 1.165) is 30.6 Å². The molecule has 0 saturated carbocycles. The lowest BCUT2D eigenvalue weighted by Crippen LogP contribution is -1.97. The first-order chi connectivity index (χ1) is 6.20. The summed E-state index contributed by atoms with van der Waals surface area (Å²) in [6.07, 6.45) is 3.19. The van der Waals surface area contributed by atoms with Crippen molar-refractivity contribution in [1.82, 2.24) is 5.16 Å². The third-order valence-corrected chi connectivity index (χ3v) is 2.37. The summed E-state index contributed by atoms with van der Waals surface area (Å²) < 4.78 is 5.23. The van der Waals surface area contributed by atoms with Gasteiger partial charge in [-0.1, -0.05) is 32.3 Å². The molecule has 0 spiro atoms.